The number of nitrogens with zero attached hydrogens (tertiary/aromatic N) is 1. The third-order valence-corrected chi connectivity index (χ3v) is 6.76. The quantitative estimate of drug-likeness (QED) is 0.463. The summed E-state index contributed by atoms with van der Waals surface area (Å²) >= 11 is 0. The van der Waals surface area contributed by atoms with E-state index in [1.807, 2.05) is 0 Å². The van der Waals surface area contributed by atoms with Crippen LogP contribution in [0.1, 0.15) is 71.1 Å². The number of amides is 2. The Bertz CT molecular complexity index is 478. The fourth-order valence-electron chi connectivity index (χ4n) is 3.70. The second-order valence-electron chi connectivity index (χ2n) is 7.08. The highest BCUT2D eigenvalue weighted by molar-refractivity contribution is 7.91. The lowest BCUT2D eigenvalue weighted by molar-refractivity contribution is 0.205. The molecule has 1 N–H and O–H groups in total. The fraction of sp³-hybridized carbons (Fsp3) is 0.941. The number of hydrogen-bond acceptors (Lipinski definition) is 3. The molecule has 0 bridgehead atoms. The summed E-state index contributed by atoms with van der Waals surface area (Å²) in [6, 6.07) is -0.396. The number of unbranched alkanes of at least 4 members (excludes halogenated alkanes) is 9. The lowest BCUT2D eigenvalue weighted by Gasteiger charge is -2.21. The van der Waals surface area contributed by atoms with E-state index in [2.05, 4.69) is 12.2 Å². The van der Waals surface area contributed by atoms with E-state index in [4.69, 9.17) is 0 Å². The largest absolute Gasteiger partial charge is 0.332 e. The summed E-state index contributed by atoms with van der Waals surface area (Å²) in [5, 5.41) is 2.81. The molecule has 2 aliphatic rings. The van der Waals surface area contributed by atoms with Crippen molar-refractivity contribution in [1.82, 2.24) is 10.2 Å². The van der Waals surface area contributed by atoms with Gasteiger partial charge in [0, 0.05) is 6.54 Å². The maximum Gasteiger partial charge on any atom is 0.318 e. The van der Waals surface area contributed by atoms with E-state index in [1.165, 1.54) is 51.4 Å². The topological polar surface area (TPSA) is 66.5 Å². The van der Waals surface area contributed by atoms with Crippen molar-refractivity contribution in [1.29, 1.82) is 0 Å². The zero-order valence-corrected chi connectivity index (χ0v) is 15.2. The molecule has 23 heavy (non-hydrogen) atoms. The Hall–Kier alpha value is -0.780. The standard InChI is InChI=1S/C17H32N2O3S/c1-2-3-4-5-6-7-8-9-10-11-12-19-16-14-23(21,22)13-15(16)18-17(19)20/h15-16H,2-14H2,1H3,(H,18,20)/t15-,16+/m0/s1. The molecule has 0 aromatic heterocycles. The van der Waals surface area contributed by atoms with Crippen LogP contribution < -0.4 is 5.32 Å². The maximum absolute atomic E-state index is 11.9. The van der Waals surface area contributed by atoms with Crippen molar-refractivity contribution in [2.45, 2.75) is 83.2 Å². The second-order valence-corrected chi connectivity index (χ2v) is 9.23. The van der Waals surface area contributed by atoms with Crippen LogP contribution in [0.3, 0.4) is 0 Å². The van der Waals surface area contributed by atoms with Gasteiger partial charge >= 0.3 is 6.03 Å². The average Bonchev–Trinajstić information content (AvgIpc) is 2.92. The normalized spacial score (nSPS) is 25.6. The van der Waals surface area contributed by atoms with Crippen LogP contribution in [0.2, 0.25) is 0 Å². The summed E-state index contributed by atoms with van der Waals surface area (Å²) < 4.78 is 23.3. The smallest absolute Gasteiger partial charge is 0.318 e. The van der Waals surface area contributed by atoms with Crippen LogP contribution in [0.5, 0.6) is 0 Å². The van der Waals surface area contributed by atoms with Crippen LogP contribution in [-0.2, 0) is 9.84 Å². The highest BCUT2D eigenvalue weighted by Crippen LogP contribution is 2.24. The summed E-state index contributed by atoms with van der Waals surface area (Å²) in [7, 11) is -2.97. The molecule has 0 saturated carbocycles. The van der Waals surface area contributed by atoms with Gasteiger partial charge in [-0.2, -0.15) is 0 Å². The van der Waals surface area contributed by atoms with E-state index < -0.39 is 9.84 Å². The number of nitrogens with one attached hydrogen (secondary N) is 1. The van der Waals surface area contributed by atoms with Crippen molar-refractivity contribution in [3.63, 3.8) is 0 Å². The molecular weight excluding hydrogens is 312 g/mol. The van der Waals surface area contributed by atoms with Crippen LogP contribution in [0, 0.1) is 0 Å². The fourth-order valence-corrected chi connectivity index (χ4v) is 5.62. The summed E-state index contributed by atoms with van der Waals surface area (Å²) in [6.45, 7) is 2.93. The number of carbonyl (C=O) groups excluding carboxylic acids is 1. The number of carbonyl (C=O) groups is 1. The summed E-state index contributed by atoms with van der Waals surface area (Å²) in [6.07, 6.45) is 12.6. The van der Waals surface area contributed by atoms with E-state index in [0.29, 0.717) is 6.54 Å². The van der Waals surface area contributed by atoms with Gasteiger partial charge in [0.15, 0.2) is 9.84 Å². The van der Waals surface area contributed by atoms with E-state index in [1.54, 1.807) is 4.90 Å². The molecule has 6 heteroatoms. The van der Waals surface area contributed by atoms with E-state index in [9.17, 15) is 13.2 Å². The van der Waals surface area contributed by atoms with Crippen LogP contribution >= 0.6 is 0 Å². The molecule has 0 aliphatic carbocycles. The van der Waals surface area contributed by atoms with Crippen molar-refractivity contribution in [2.24, 2.45) is 0 Å². The number of hydrogen-bond donors (Lipinski definition) is 1. The molecule has 2 fully saturated rings. The maximum atomic E-state index is 11.9. The molecule has 2 aliphatic heterocycles. The van der Waals surface area contributed by atoms with Gasteiger partial charge < -0.3 is 10.2 Å². The molecule has 0 aromatic rings. The zero-order valence-electron chi connectivity index (χ0n) is 14.4. The van der Waals surface area contributed by atoms with Gasteiger partial charge in [-0.05, 0) is 6.42 Å². The van der Waals surface area contributed by atoms with Gasteiger partial charge in [0.1, 0.15) is 0 Å². The van der Waals surface area contributed by atoms with Crippen LogP contribution in [0.25, 0.3) is 0 Å². The van der Waals surface area contributed by atoms with Gasteiger partial charge in [-0.25, -0.2) is 13.2 Å². The third kappa shape index (κ3) is 5.66. The highest BCUT2D eigenvalue weighted by atomic mass is 32.2. The lowest BCUT2D eigenvalue weighted by Crippen LogP contribution is -2.37. The Balaban J connectivity index is 1.53. The number of rotatable bonds is 11. The summed E-state index contributed by atoms with van der Waals surface area (Å²) in [4.78, 5) is 13.7. The number of fused-ring (bicyclic) bond motifs is 1. The van der Waals surface area contributed by atoms with Crippen LogP contribution in [-0.4, -0.2) is 49.5 Å². The minimum Gasteiger partial charge on any atom is -0.332 e. The molecule has 0 radical (unpaired) electrons. The second kappa shape index (κ2) is 8.90. The average molecular weight is 345 g/mol. The first-order valence-corrected chi connectivity index (χ1v) is 11.1. The first kappa shape index (κ1) is 18.6. The molecule has 134 valence electrons. The van der Waals surface area contributed by atoms with E-state index >= 15 is 0 Å². The minimum atomic E-state index is -2.97. The summed E-state index contributed by atoms with van der Waals surface area (Å²) in [5.74, 6) is 0.242. The molecular formula is C17H32N2O3S. The number of urea groups is 1. The van der Waals surface area contributed by atoms with E-state index in [0.717, 1.165) is 12.8 Å². The molecule has 0 spiro atoms. The number of sulfone groups is 1. The monoisotopic (exact) mass is 344 g/mol. The summed E-state index contributed by atoms with van der Waals surface area (Å²) in [5.41, 5.74) is 0. The van der Waals surface area contributed by atoms with Crippen molar-refractivity contribution >= 4 is 15.9 Å². The molecule has 2 amide bonds. The van der Waals surface area contributed by atoms with Gasteiger partial charge in [-0.1, -0.05) is 64.7 Å². The lowest BCUT2D eigenvalue weighted by atomic mass is 10.1. The molecule has 2 rings (SSSR count). The van der Waals surface area contributed by atoms with Gasteiger partial charge in [0.25, 0.3) is 0 Å². The molecule has 0 unspecified atom stereocenters. The minimum absolute atomic E-state index is 0.0779. The van der Waals surface area contributed by atoms with Crippen LogP contribution in [0.15, 0.2) is 0 Å². The van der Waals surface area contributed by atoms with Crippen molar-refractivity contribution in [3.8, 4) is 0 Å². The molecule has 2 heterocycles. The Morgan fingerprint density at radius 1 is 0.957 bits per heavy atom. The Morgan fingerprint density at radius 2 is 1.52 bits per heavy atom. The van der Waals surface area contributed by atoms with Gasteiger partial charge in [-0.3, -0.25) is 0 Å². The highest BCUT2D eigenvalue weighted by Gasteiger charge is 2.48. The predicted octanol–water partition coefficient (Wildman–Crippen LogP) is 3.10. The SMILES string of the molecule is CCCCCCCCCCCCN1C(=O)N[C@H]2CS(=O)(=O)C[C@H]21. The van der Waals surface area contributed by atoms with Crippen molar-refractivity contribution in [2.75, 3.05) is 18.1 Å². The van der Waals surface area contributed by atoms with Gasteiger partial charge in [0.05, 0.1) is 23.6 Å². The van der Waals surface area contributed by atoms with Crippen LogP contribution in [0.4, 0.5) is 4.79 Å². The first-order valence-electron chi connectivity index (χ1n) is 9.31. The molecule has 2 saturated heterocycles. The van der Waals surface area contributed by atoms with Crippen molar-refractivity contribution in [3.05, 3.63) is 0 Å². The van der Waals surface area contributed by atoms with E-state index in [-0.39, 0.29) is 29.6 Å². The molecule has 2 atom stereocenters. The van der Waals surface area contributed by atoms with Gasteiger partial charge in [-0.15, -0.1) is 0 Å². The third-order valence-electron chi connectivity index (χ3n) is 5.05. The predicted molar refractivity (Wildman–Crippen MR) is 93.3 cm³/mol. The molecule has 5 nitrogen and oxygen atoms in total. The molecule has 0 aromatic carbocycles. The zero-order chi connectivity index (χ0) is 16.7. The Kier molecular flexibility index (Phi) is 7.18. The van der Waals surface area contributed by atoms with Gasteiger partial charge in [0.2, 0.25) is 0 Å². The Labute approximate surface area is 141 Å². The first-order chi connectivity index (χ1) is 11.0. The Morgan fingerprint density at radius 3 is 2.13 bits per heavy atom. The van der Waals surface area contributed by atoms with Crippen molar-refractivity contribution < 1.29 is 13.2 Å².